The van der Waals surface area contributed by atoms with Crippen LogP contribution >= 0.6 is 12.2 Å². The predicted molar refractivity (Wildman–Crippen MR) is 107 cm³/mol. The molecule has 0 spiro atoms. The van der Waals surface area contributed by atoms with E-state index in [-0.39, 0.29) is 12.1 Å². The van der Waals surface area contributed by atoms with Gasteiger partial charge in [0.2, 0.25) is 0 Å². The van der Waals surface area contributed by atoms with Crippen LogP contribution < -0.4 is 5.32 Å². The van der Waals surface area contributed by atoms with E-state index in [9.17, 15) is 0 Å². The van der Waals surface area contributed by atoms with Gasteiger partial charge >= 0.3 is 0 Å². The summed E-state index contributed by atoms with van der Waals surface area (Å²) in [5.74, 6) is 0. The summed E-state index contributed by atoms with van der Waals surface area (Å²) in [6, 6.07) is 8.72. The second-order valence-corrected chi connectivity index (χ2v) is 7.13. The first-order chi connectivity index (χ1) is 12.1. The van der Waals surface area contributed by atoms with E-state index in [4.69, 9.17) is 12.2 Å². The summed E-state index contributed by atoms with van der Waals surface area (Å²) in [5, 5.41) is 4.38. The van der Waals surface area contributed by atoms with E-state index in [2.05, 4.69) is 59.6 Å². The Morgan fingerprint density at radius 2 is 2.04 bits per heavy atom. The average molecular weight is 357 g/mol. The molecule has 0 radical (unpaired) electrons. The number of unbranched alkanes of at least 4 members (excludes halogenated alkanes) is 1. The third-order valence-corrected chi connectivity index (χ3v) is 5.55. The van der Waals surface area contributed by atoms with E-state index in [0.717, 1.165) is 36.7 Å². The summed E-state index contributed by atoms with van der Waals surface area (Å²) in [6.45, 7) is 10.8. The van der Waals surface area contributed by atoms with Crippen LogP contribution in [0, 0.1) is 13.8 Å². The zero-order chi connectivity index (χ0) is 18.0. The highest BCUT2D eigenvalue weighted by molar-refractivity contribution is 7.80. The monoisotopic (exact) mass is 356 g/mol. The molecule has 2 aromatic heterocycles. The number of aromatic nitrogens is 2. The lowest BCUT2D eigenvalue weighted by Gasteiger charge is -2.28. The van der Waals surface area contributed by atoms with E-state index >= 15 is 0 Å². The zero-order valence-electron chi connectivity index (χ0n) is 15.6. The van der Waals surface area contributed by atoms with Gasteiger partial charge in [0.15, 0.2) is 5.11 Å². The van der Waals surface area contributed by atoms with Crippen LogP contribution in [0.4, 0.5) is 0 Å². The van der Waals surface area contributed by atoms with E-state index in [0.29, 0.717) is 0 Å². The van der Waals surface area contributed by atoms with E-state index < -0.39 is 0 Å². The van der Waals surface area contributed by atoms with Crippen molar-refractivity contribution in [3.8, 4) is 0 Å². The Bertz CT molecular complexity index is 738. The van der Waals surface area contributed by atoms with Crippen LogP contribution in [-0.2, 0) is 6.54 Å². The van der Waals surface area contributed by atoms with Crippen molar-refractivity contribution in [3.05, 3.63) is 53.1 Å². The number of hydrogen-bond acceptors (Lipinski definition) is 2. The number of hydrogen-bond donors (Lipinski definition) is 1. The Kier molecular flexibility index (Phi) is 5.42. The molecular weight excluding hydrogens is 328 g/mol. The lowest BCUT2D eigenvalue weighted by atomic mass is 9.96. The molecule has 0 aromatic carbocycles. The molecule has 1 N–H and O–H groups in total. The van der Waals surface area contributed by atoms with Crippen LogP contribution in [0.25, 0.3) is 0 Å². The van der Waals surface area contributed by atoms with Gasteiger partial charge in [0.05, 0.1) is 17.8 Å². The molecule has 0 saturated carbocycles. The molecule has 25 heavy (non-hydrogen) atoms. The minimum atomic E-state index is 0.0939. The Hall–Kier alpha value is -1.88. The van der Waals surface area contributed by atoms with Gasteiger partial charge in [-0.3, -0.25) is 4.98 Å². The number of nitrogens with zero attached hydrogens (tertiary/aromatic N) is 3. The highest BCUT2D eigenvalue weighted by Crippen LogP contribution is 2.40. The van der Waals surface area contributed by atoms with Crippen molar-refractivity contribution in [2.75, 3.05) is 6.54 Å². The molecule has 3 rings (SSSR count). The molecule has 134 valence electrons. The van der Waals surface area contributed by atoms with Crippen molar-refractivity contribution in [1.29, 1.82) is 0 Å². The molecule has 1 fully saturated rings. The highest BCUT2D eigenvalue weighted by atomic mass is 32.1. The minimum Gasteiger partial charge on any atom is -0.352 e. The van der Waals surface area contributed by atoms with Crippen molar-refractivity contribution >= 4 is 17.3 Å². The average Bonchev–Trinajstić information content (AvgIpc) is 3.09. The zero-order valence-corrected chi connectivity index (χ0v) is 16.4. The minimum absolute atomic E-state index is 0.0939. The molecule has 0 unspecified atom stereocenters. The molecule has 3 heterocycles. The summed E-state index contributed by atoms with van der Waals surface area (Å²) in [4.78, 5) is 6.97. The van der Waals surface area contributed by atoms with Crippen molar-refractivity contribution in [2.24, 2.45) is 0 Å². The number of pyridine rings is 1. The maximum atomic E-state index is 5.70. The van der Waals surface area contributed by atoms with Gasteiger partial charge in [-0.05, 0) is 63.2 Å². The maximum Gasteiger partial charge on any atom is 0.170 e. The largest absolute Gasteiger partial charge is 0.352 e. The maximum absolute atomic E-state index is 5.70. The van der Waals surface area contributed by atoms with Crippen LogP contribution in [0.5, 0.6) is 0 Å². The first kappa shape index (κ1) is 17.9. The van der Waals surface area contributed by atoms with E-state index in [1.807, 2.05) is 18.3 Å². The van der Waals surface area contributed by atoms with Crippen molar-refractivity contribution in [3.63, 3.8) is 0 Å². The second-order valence-electron chi connectivity index (χ2n) is 6.74. The Morgan fingerprint density at radius 1 is 1.24 bits per heavy atom. The molecule has 2 atom stereocenters. The molecule has 1 aliphatic heterocycles. The third-order valence-electron chi connectivity index (χ3n) is 5.20. The summed E-state index contributed by atoms with van der Waals surface area (Å²) >= 11 is 5.70. The van der Waals surface area contributed by atoms with Gasteiger partial charge in [-0.25, -0.2) is 0 Å². The molecule has 4 nitrogen and oxygen atoms in total. The molecular formula is C20H28N4S. The molecule has 0 bridgehead atoms. The fraction of sp³-hybridized carbons (Fsp3) is 0.500. The van der Waals surface area contributed by atoms with Crippen LogP contribution in [-0.4, -0.2) is 26.1 Å². The van der Waals surface area contributed by atoms with Crippen LogP contribution in [0.15, 0.2) is 30.5 Å². The topological polar surface area (TPSA) is 33.1 Å². The lowest BCUT2D eigenvalue weighted by Crippen LogP contribution is -2.30. The van der Waals surface area contributed by atoms with Gasteiger partial charge in [-0.2, -0.15) is 0 Å². The normalized spacial score (nSPS) is 20.2. The summed E-state index contributed by atoms with van der Waals surface area (Å²) < 4.78 is 2.38. The van der Waals surface area contributed by atoms with Gasteiger partial charge in [0, 0.05) is 30.7 Å². The first-order valence-corrected chi connectivity index (χ1v) is 9.64. The van der Waals surface area contributed by atoms with Gasteiger partial charge in [0.1, 0.15) is 0 Å². The van der Waals surface area contributed by atoms with Gasteiger partial charge in [-0.1, -0.05) is 19.4 Å². The third kappa shape index (κ3) is 3.30. The number of nitrogens with one attached hydrogen (secondary N) is 1. The quantitative estimate of drug-likeness (QED) is 0.783. The Balaban J connectivity index is 2.06. The van der Waals surface area contributed by atoms with Crippen molar-refractivity contribution < 1.29 is 0 Å². The standard InChI is InChI=1S/C20H28N4S/c1-5-7-12-24-19(16-13-14(3)23(6-2)15(16)4)18(22-20(24)25)17-10-8-9-11-21-17/h8-11,13,18-19H,5-7,12H2,1-4H3,(H,22,25)/t18-,19-/m0/s1. The fourth-order valence-electron chi connectivity index (χ4n) is 3.93. The van der Waals surface area contributed by atoms with E-state index in [1.165, 1.54) is 17.0 Å². The van der Waals surface area contributed by atoms with Crippen molar-refractivity contribution in [1.82, 2.24) is 19.8 Å². The Morgan fingerprint density at radius 3 is 2.64 bits per heavy atom. The molecule has 1 saturated heterocycles. The van der Waals surface area contributed by atoms with Crippen LogP contribution in [0.1, 0.15) is 61.4 Å². The first-order valence-electron chi connectivity index (χ1n) is 9.23. The number of aryl methyl sites for hydroxylation is 1. The smallest absolute Gasteiger partial charge is 0.170 e. The Labute approximate surface area is 156 Å². The molecule has 5 heteroatoms. The van der Waals surface area contributed by atoms with Gasteiger partial charge in [0.25, 0.3) is 0 Å². The SMILES string of the molecule is CCCCN1C(=S)N[C@@H](c2ccccn2)[C@@H]1c1cc(C)n(CC)c1C. The number of rotatable bonds is 6. The van der Waals surface area contributed by atoms with E-state index in [1.54, 1.807) is 0 Å². The summed E-state index contributed by atoms with van der Waals surface area (Å²) in [5.41, 5.74) is 5.05. The van der Waals surface area contributed by atoms with Crippen LogP contribution in [0.2, 0.25) is 0 Å². The molecule has 1 aliphatic rings. The predicted octanol–water partition coefficient (Wildman–Crippen LogP) is 4.29. The van der Waals surface area contributed by atoms with Crippen molar-refractivity contribution in [2.45, 2.75) is 59.2 Å². The van der Waals surface area contributed by atoms with Crippen LogP contribution in [0.3, 0.4) is 0 Å². The lowest BCUT2D eigenvalue weighted by molar-refractivity contribution is 0.311. The number of thiocarbonyl (C=S) groups is 1. The molecule has 2 aromatic rings. The van der Waals surface area contributed by atoms with Gasteiger partial charge < -0.3 is 14.8 Å². The second kappa shape index (κ2) is 7.56. The highest BCUT2D eigenvalue weighted by Gasteiger charge is 2.40. The molecule has 0 amide bonds. The summed E-state index contributed by atoms with van der Waals surface area (Å²) in [6.07, 6.45) is 4.16. The van der Waals surface area contributed by atoms with Gasteiger partial charge in [-0.15, -0.1) is 0 Å². The molecule has 0 aliphatic carbocycles. The summed E-state index contributed by atoms with van der Waals surface area (Å²) in [7, 11) is 0. The fourth-order valence-corrected chi connectivity index (χ4v) is 4.26.